The molecule has 0 saturated carbocycles. The second-order valence-corrected chi connectivity index (χ2v) is 6.06. The predicted octanol–water partition coefficient (Wildman–Crippen LogP) is 3.20. The van der Waals surface area contributed by atoms with Gasteiger partial charge in [-0.15, -0.1) is 0 Å². The first-order valence-corrected chi connectivity index (χ1v) is 7.36. The summed E-state index contributed by atoms with van der Waals surface area (Å²) in [6, 6.07) is 4.63. The van der Waals surface area contributed by atoms with Crippen LogP contribution in [0, 0.1) is 5.82 Å². The highest BCUT2D eigenvalue weighted by atomic mass is 79.9. The van der Waals surface area contributed by atoms with Crippen molar-refractivity contribution in [2.75, 3.05) is 0 Å². The summed E-state index contributed by atoms with van der Waals surface area (Å²) in [5, 5.41) is 2.77. The highest BCUT2D eigenvalue weighted by Gasteiger charge is 2.35. The van der Waals surface area contributed by atoms with Crippen molar-refractivity contribution < 1.29 is 14.0 Å². The normalized spacial score (nSPS) is 22.6. The summed E-state index contributed by atoms with van der Waals surface area (Å²) in [4.78, 5) is 24.0. The molecule has 1 amide bonds. The first-order valence-electron chi connectivity index (χ1n) is 6.57. The maximum atomic E-state index is 14.1. The van der Waals surface area contributed by atoms with E-state index in [4.69, 9.17) is 0 Å². The zero-order chi connectivity index (χ0) is 14.3. The van der Waals surface area contributed by atoms with Crippen LogP contribution < -0.4 is 5.32 Å². The van der Waals surface area contributed by atoms with Crippen molar-refractivity contribution in [2.45, 2.75) is 31.6 Å². The summed E-state index contributed by atoms with van der Waals surface area (Å²) >= 11 is 3.31. The quantitative estimate of drug-likeness (QED) is 0.855. The zero-order valence-electron chi connectivity index (χ0n) is 10.7. The summed E-state index contributed by atoms with van der Waals surface area (Å²) in [6.07, 6.45) is 2.02. The fourth-order valence-electron chi connectivity index (χ4n) is 2.95. The number of nitrogens with one attached hydrogen (secondary N) is 1. The number of Topliss-reactive ketones (excluding diaryl/α,β-unsaturated/α-hetero) is 1. The highest BCUT2D eigenvalue weighted by Crippen LogP contribution is 2.39. The highest BCUT2D eigenvalue weighted by molar-refractivity contribution is 9.10. The van der Waals surface area contributed by atoms with Crippen LogP contribution in [0.1, 0.15) is 37.2 Å². The summed E-state index contributed by atoms with van der Waals surface area (Å²) < 4.78 is 14.8. The maximum absolute atomic E-state index is 14.1. The molecule has 0 saturated heterocycles. The van der Waals surface area contributed by atoms with Gasteiger partial charge in [0.1, 0.15) is 5.82 Å². The van der Waals surface area contributed by atoms with Crippen LogP contribution in [-0.2, 0) is 9.59 Å². The summed E-state index contributed by atoms with van der Waals surface area (Å²) in [5.41, 5.74) is 1.69. The van der Waals surface area contributed by atoms with Gasteiger partial charge in [-0.05, 0) is 36.6 Å². The molecule has 0 spiro atoms. The Kier molecular flexibility index (Phi) is 3.46. The third kappa shape index (κ3) is 2.30. The van der Waals surface area contributed by atoms with Crippen LogP contribution in [0.15, 0.2) is 33.9 Å². The molecule has 1 aromatic carbocycles. The summed E-state index contributed by atoms with van der Waals surface area (Å²) in [5.74, 6) is -0.972. The second kappa shape index (κ2) is 5.13. The van der Waals surface area contributed by atoms with Crippen molar-refractivity contribution in [1.82, 2.24) is 5.32 Å². The molecule has 0 radical (unpaired) electrons. The Hall–Kier alpha value is -1.49. The van der Waals surface area contributed by atoms with Crippen LogP contribution in [0.4, 0.5) is 4.39 Å². The molecule has 0 bridgehead atoms. The molecule has 1 aromatic rings. The van der Waals surface area contributed by atoms with Crippen molar-refractivity contribution >= 4 is 27.6 Å². The number of benzene rings is 1. The van der Waals surface area contributed by atoms with E-state index in [2.05, 4.69) is 21.2 Å². The minimum absolute atomic E-state index is 0.0237. The van der Waals surface area contributed by atoms with Crippen LogP contribution in [0.5, 0.6) is 0 Å². The molecular formula is C15H13BrFNO2. The van der Waals surface area contributed by atoms with Crippen molar-refractivity contribution in [1.29, 1.82) is 0 Å². The molecule has 104 valence electrons. The van der Waals surface area contributed by atoms with Gasteiger partial charge in [-0.1, -0.05) is 15.9 Å². The molecule has 1 aliphatic heterocycles. The van der Waals surface area contributed by atoms with E-state index in [9.17, 15) is 14.0 Å². The Balaban J connectivity index is 2.13. The molecule has 1 unspecified atom stereocenters. The Labute approximate surface area is 124 Å². The molecule has 1 atom stereocenters. The fourth-order valence-corrected chi connectivity index (χ4v) is 3.33. The van der Waals surface area contributed by atoms with Crippen molar-refractivity contribution in [3.8, 4) is 0 Å². The average Bonchev–Trinajstić information content (AvgIpc) is 2.40. The molecule has 2 aliphatic rings. The first kappa shape index (κ1) is 13.5. The van der Waals surface area contributed by atoms with Gasteiger partial charge in [0.05, 0.1) is 0 Å². The monoisotopic (exact) mass is 337 g/mol. The maximum Gasteiger partial charge on any atom is 0.225 e. The summed E-state index contributed by atoms with van der Waals surface area (Å²) in [6.45, 7) is 0. The number of amides is 1. The van der Waals surface area contributed by atoms with Crippen LogP contribution in [0.25, 0.3) is 0 Å². The van der Waals surface area contributed by atoms with Gasteiger partial charge in [-0.3, -0.25) is 9.59 Å². The van der Waals surface area contributed by atoms with E-state index in [0.29, 0.717) is 29.7 Å². The number of carbonyl (C=O) groups is 2. The van der Waals surface area contributed by atoms with Gasteiger partial charge >= 0.3 is 0 Å². The molecule has 0 fully saturated rings. The van der Waals surface area contributed by atoms with E-state index in [-0.39, 0.29) is 23.9 Å². The number of hydrogen-bond acceptors (Lipinski definition) is 2. The number of ketones is 1. The molecule has 1 heterocycles. The van der Waals surface area contributed by atoms with Gasteiger partial charge < -0.3 is 5.32 Å². The lowest BCUT2D eigenvalue weighted by Gasteiger charge is -2.31. The number of halogens is 2. The smallest absolute Gasteiger partial charge is 0.225 e. The minimum atomic E-state index is -0.468. The lowest BCUT2D eigenvalue weighted by atomic mass is 9.78. The first-order chi connectivity index (χ1) is 9.56. The lowest BCUT2D eigenvalue weighted by Crippen LogP contribution is -2.36. The van der Waals surface area contributed by atoms with Crippen molar-refractivity contribution in [2.24, 2.45) is 0 Å². The van der Waals surface area contributed by atoms with E-state index in [1.807, 2.05) is 0 Å². The molecule has 3 nitrogen and oxygen atoms in total. The van der Waals surface area contributed by atoms with Gasteiger partial charge in [0.2, 0.25) is 5.91 Å². The Bertz CT molecular complexity index is 639. The van der Waals surface area contributed by atoms with Crippen molar-refractivity contribution in [3.05, 3.63) is 45.3 Å². The molecule has 3 rings (SSSR count). The van der Waals surface area contributed by atoms with E-state index >= 15 is 0 Å². The molecule has 1 N–H and O–H groups in total. The van der Waals surface area contributed by atoms with Crippen LogP contribution >= 0.6 is 15.9 Å². The van der Waals surface area contributed by atoms with E-state index in [1.165, 1.54) is 6.07 Å². The van der Waals surface area contributed by atoms with Crippen LogP contribution in [0.2, 0.25) is 0 Å². The van der Waals surface area contributed by atoms with E-state index in [0.717, 1.165) is 10.9 Å². The number of carbonyl (C=O) groups excluding carboxylic acids is 2. The fraction of sp³-hybridized carbons (Fsp3) is 0.333. The largest absolute Gasteiger partial charge is 0.329 e. The third-order valence-electron chi connectivity index (χ3n) is 3.82. The standard InChI is InChI=1S/C15H13BrFNO2/c16-8-4-5-11(17)9(6-8)10-7-14(20)18-12-2-1-3-13(19)15(10)12/h4-6,10H,1-3,7H2,(H,18,20). The molecule has 0 aromatic heterocycles. The predicted molar refractivity (Wildman–Crippen MR) is 75.5 cm³/mol. The number of hydrogen-bond donors (Lipinski definition) is 1. The molecule has 5 heteroatoms. The van der Waals surface area contributed by atoms with Gasteiger partial charge in [-0.2, -0.15) is 0 Å². The minimum Gasteiger partial charge on any atom is -0.329 e. The van der Waals surface area contributed by atoms with Crippen LogP contribution in [0.3, 0.4) is 0 Å². The lowest BCUT2D eigenvalue weighted by molar-refractivity contribution is -0.122. The topological polar surface area (TPSA) is 46.2 Å². The zero-order valence-corrected chi connectivity index (χ0v) is 12.3. The Morgan fingerprint density at radius 1 is 1.25 bits per heavy atom. The van der Waals surface area contributed by atoms with Crippen molar-refractivity contribution in [3.63, 3.8) is 0 Å². The summed E-state index contributed by atoms with van der Waals surface area (Å²) in [7, 11) is 0. The van der Waals surface area contributed by atoms with Gasteiger partial charge in [0, 0.05) is 34.5 Å². The van der Waals surface area contributed by atoms with Crippen LogP contribution in [-0.4, -0.2) is 11.7 Å². The Morgan fingerprint density at radius 2 is 2.05 bits per heavy atom. The molecule has 20 heavy (non-hydrogen) atoms. The average molecular weight is 338 g/mol. The van der Waals surface area contributed by atoms with E-state index < -0.39 is 5.92 Å². The Morgan fingerprint density at radius 3 is 2.85 bits per heavy atom. The molecular weight excluding hydrogens is 325 g/mol. The van der Waals surface area contributed by atoms with Gasteiger partial charge in [0.25, 0.3) is 0 Å². The number of allylic oxidation sites excluding steroid dienone is 2. The number of rotatable bonds is 1. The molecule has 1 aliphatic carbocycles. The van der Waals surface area contributed by atoms with Gasteiger partial charge in [-0.25, -0.2) is 4.39 Å². The van der Waals surface area contributed by atoms with E-state index in [1.54, 1.807) is 12.1 Å². The third-order valence-corrected chi connectivity index (χ3v) is 4.31. The SMILES string of the molecule is O=C1CC(c2cc(Br)ccc2F)C2=C(CCCC2=O)N1. The second-order valence-electron chi connectivity index (χ2n) is 5.14. The van der Waals surface area contributed by atoms with Gasteiger partial charge in [0.15, 0.2) is 5.78 Å².